The summed E-state index contributed by atoms with van der Waals surface area (Å²) < 4.78 is 1.87. The molecule has 0 aliphatic carbocycles. The van der Waals surface area contributed by atoms with Crippen molar-refractivity contribution in [1.29, 1.82) is 0 Å². The Morgan fingerprint density at radius 1 is 1.26 bits per heavy atom. The zero-order chi connectivity index (χ0) is 15.5. The number of likely N-dealkylation sites (tertiary alicyclic amines) is 1. The fourth-order valence-electron chi connectivity index (χ4n) is 3.28. The summed E-state index contributed by atoms with van der Waals surface area (Å²) in [6.07, 6.45) is 6.51. The van der Waals surface area contributed by atoms with Gasteiger partial charge in [-0.25, -0.2) is 0 Å². The van der Waals surface area contributed by atoms with Gasteiger partial charge in [-0.2, -0.15) is 5.10 Å². The van der Waals surface area contributed by atoms with Gasteiger partial charge in [0.1, 0.15) is 0 Å². The number of rotatable bonds is 4. The molecule has 23 heavy (non-hydrogen) atoms. The number of nitrogens with two attached hydrogens (primary N) is 1. The van der Waals surface area contributed by atoms with Crippen LogP contribution in [0.3, 0.4) is 0 Å². The van der Waals surface area contributed by atoms with Crippen molar-refractivity contribution < 1.29 is 0 Å². The van der Waals surface area contributed by atoms with Gasteiger partial charge in [0.25, 0.3) is 0 Å². The van der Waals surface area contributed by atoms with E-state index in [1.807, 2.05) is 17.9 Å². The standard InChI is InChI=1S/C18H26N4.ClH/c1-14-3-4-16(13-22-7-5-15(10-19)6-8-22)18(9-14)17-11-20-21(2)12-17;/h3-4,9,11-12,15H,5-8,10,13,19H2,1-2H3;1H. The maximum atomic E-state index is 5.79. The van der Waals surface area contributed by atoms with Gasteiger partial charge in [0.15, 0.2) is 0 Å². The summed E-state index contributed by atoms with van der Waals surface area (Å²) in [5.41, 5.74) is 11.0. The Balaban J connectivity index is 0.00000192. The summed E-state index contributed by atoms with van der Waals surface area (Å²) in [6.45, 7) is 6.31. The van der Waals surface area contributed by atoms with Crippen LogP contribution in [-0.2, 0) is 13.6 Å². The Kier molecular flexibility index (Phi) is 6.22. The molecule has 2 aromatic rings. The van der Waals surface area contributed by atoms with E-state index in [0.717, 1.165) is 26.2 Å². The van der Waals surface area contributed by atoms with E-state index in [1.54, 1.807) is 0 Å². The van der Waals surface area contributed by atoms with E-state index < -0.39 is 0 Å². The highest BCUT2D eigenvalue weighted by atomic mass is 35.5. The van der Waals surface area contributed by atoms with Gasteiger partial charge in [0.05, 0.1) is 6.20 Å². The molecule has 0 atom stereocenters. The first-order chi connectivity index (χ1) is 10.7. The van der Waals surface area contributed by atoms with Crippen molar-refractivity contribution in [1.82, 2.24) is 14.7 Å². The number of halogens is 1. The third kappa shape index (κ3) is 4.34. The van der Waals surface area contributed by atoms with Gasteiger partial charge in [-0.3, -0.25) is 9.58 Å². The molecule has 0 bridgehead atoms. The average Bonchev–Trinajstić information content (AvgIpc) is 2.96. The Morgan fingerprint density at radius 2 is 2.00 bits per heavy atom. The smallest absolute Gasteiger partial charge is 0.0568 e. The summed E-state index contributed by atoms with van der Waals surface area (Å²) >= 11 is 0. The lowest BCUT2D eigenvalue weighted by atomic mass is 9.95. The Bertz CT molecular complexity index is 630. The third-order valence-corrected chi connectivity index (χ3v) is 4.72. The van der Waals surface area contributed by atoms with Crippen molar-refractivity contribution in [3.8, 4) is 11.1 Å². The van der Waals surface area contributed by atoms with Crippen LogP contribution in [0, 0.1) is 12.8 Å². The molecular weight excluding hydrogens is 308 g/mol. The summed E-state index contributed by atoms with van der Waals surface area (Å²) in [5, 5.41) is 4.32. The van der Waals surface area contributed by atoms with Gasteiger partial charge < -0.3 is 5.73 Å². The zero-order valence-corrected chi connectivity index (χ0v) is 14.9. The molecule has 2 heterocycles. The highest BCUT2D eigenvalue weighted by Gasteiger charge is 2.19. The van der Waals surface area contributed by atoms with E-state index in [1.165, 1.54) is 35.1 Å². The van der Waals surface area contributed by atoms with Crippen LogP contribution >= 0.6 is 12.4 Å². The van der Waals surface area contributed by atoms with Crippen molar-refractivity contribution in [3.05, 3.63) is 41.7 Å². The molecule has 3 rings (SSSR count). The third-order valence-electron chi connectivity index (χ3n) is 4.72. The molecule has 0 saturated carbocycles. The molecule has 0 radical (unpaired) electrons. The van der Waals surface area contributed by atoms with Crippen molar-refractivity contribution >= 4 is 12.4 Å². The van der Waals surface area contributed by atoms with Gasteiger partial charge in [0.2, 0.25) is 0 Å². The lowest BCUT2D eigenvalue weighted by Gasteiger charge is -2.31. The van der Waals surface area contributed by atoms with Crippen LogP contribution in [0.25, 0.3) is 11.1 Å². The molecule has 1 aliphatic heterocycles. The molecule has 1 aliphatic rings. The number of nitrogens with zero attached hydrogens (tertiary/aromatic N) is 3. The van der Waals surface area contributed by atoms with Crippen LogP contribution < -0.4 is 5.73 Å². The average molecular weight is 335 g/mol. The molecule has 1 fully saturated rings. The van der Waals surface area contributed by atoms with Crippen LogP contribution in [0.5, 0.6) is 0 Å². The Labute approximate surface area is 145 Å². The Morgan fingerprint density at radius 3 is 2.61 bits per heavy atom. The Hall–Kier alpha value is -1.36. The molecule has 0 amide bonds. The molecule has 0 unspecified atom stereocenters. The van der Waals surface area contributed by atoms with E-state index >= 15 is 0 Å². The lowest BCUT2D eigenvalue weighted by molar-refractivity contribution is 0.180. The highest BCUT2D eigenvalue weighted by molar-refractivity contribution is 5.85. The van der Waals surface area contributed by atoms with Crippen LogP contribution in [0.1, 0.15) is 24.0 Å². The minimum atomic E-state index is 0. The van der Waals surface area contributed by atoms with Gasteiger partial charge in [-0.05, 0) is 56.4 Å². The summed E-state index contributed by atoms with van der Waals surface area (Å²) in [5.74, 6) is 0.715. The van der Waals surface area contributed by atoms with Crippen LogP contribution in [0.2, 0.25) is 0 Å². The molecule has 2 N–H and O–H groups in total. The highest BCUT2D eigenvalue weighted by Crippen LogP contribution is 2.27. The topological polar surface area (TPSA) is 47.1 Å². The second-order valence-electron chi connectivity index (χ2n) is 6.52. The predicted molar refractivity (Wildman–Crippen MR) is 97.7 cm³/mol. The first-order valence-electron chi connectivity index (χ1n) is 8.16. The van der Waals surface area contributed by atoms with E-state index in [9.17, 15) is 0 Å². The molecule has 4 nitrogen and oxygen atoms in total. The fourth-order valence-corrected chi connectivity index (χ4v) is 3.28. The fraction of sp³-hybridized carbons (Fsp3) is 0.500. The summed E-state index contributed by atoms with van der Waals surface area (Å²) in [6, 6.07) is 6.76. The maximum Gasteiger partial charge on any atom is 0.0568 e. The summed E-state index contributed by atoms with van der Waals surface area (Å²) in [7, 11) is 1.97. The van der Waals surface area contributed by atoms with E-state index in [0.29, 0.717) is 5.92 Å². The van der Waals surface area contributed by atoms with Crippen molar-refractivity contribution in [2.75, 3.05) is 19.6 Å². The zero-order valence-electron chi connectivity index (χ0n) is 14.0. The van der Waals surface area contributed by atoms with Crippen molar-refractivity contribution in [2.45, 2.75) is 26.3 Å². The van der Waals surface area contributed by atoms with Crippen LogP contribution in [-0.4, -0.2) is 34.3 Å². The number of piperidine rings is 1. The molecule has 1 aromatic heterocycles. The second kappa shape index (κ2) is 7.95. The van der Waals surface area contributed by atoms with Crippen molar-refractivity contribution in [2.24, 2.45) is 18.7 Å². The van der Waals surface area contributed by atoms with E-state index in [4.69, 9.17) is 5.73 Å². The minimum Gasteiger partial charge on any atom is -0.330 e. The van der Waals surface area contributed by atoms with E-state index in [2.05, 4.69) is 41.3 Å². The molecule has 1 aromatic carbocycles. The van der Waals surface area contributed by atoms with Gasteiger partial charge in [0, 0.05) is 25.4 Å². The van der Waals surface area contributed by atoms with E-state index in [-0.39, 0.29) is 12.4 Å². The number of benzene rings is 1. The monoisotopic (exact) mass is 334 g/mol. The van der Waals surface area contributed by atoms with Gasteiger partial charge >= 0.3 is 0 Å². The van der Waals surface area contributed by atoms with Crippen LogP contribution in [0.15, 0.2) is 30.6 Å². The molecule has 1 saturated heterocycles. The molecular formula is C18H27ClN4. The number of aromatic nitrogens is 2. The minimum absolute atomic E-state index is 0. The lowest BCUT2D eigenvalue weighted by Crippen LogP contribution is -2.35. The molecule has 5 heteroatoms. The largest absolute Gasteiger partial charge is 0.330 e. The first kappa shape index (κ1) is 18.0. The number of aryl methyl sites for hydroxylation is 2. The SMILES string of the molecule is Cc1ccc(CN2CCC(CN)CC2)c(-c2cnn(C)c2)c1.Cl. The maximum absolute atomic E-state index is 5.79. The normalized spacial score (nSPS) is 16.3. The number of hydrogen-bond donors (Lipinski definition) is 1. The predicted octanol–water partition coefficient (Wildman–Crippen LogP) is 2.99. The quantitative estimate of drug-likeness (QED) is 0.935. The molecule has 126 valence electrons. The van der Waals surface area contributed by atoms with Gasteiger partial charge in [-0.1, -0.05) is 23.8 Å². The first-order valence-corrected chi connectivity index (χ1v) is 8.16. The van der Waals surface area contributed by atoms with Gasteiger partial charge in [-0.15, -0.1) is 12.4 Å². The number of hydrogen-bond acceptors (Lipinski definition) is 3. The molecule has 0 spiro atoms. The van der Waals surface area contributed by atoms with Crippen LogP contribution in [0.4, 0.5) is 0 Å². The second-order valence-corrected chi connectivity index (χ2v) is 6.52. The van der Waals surface area contributed by atoms with Crippen molar-refractivity contribution in [3.63, 3.8) is 0 Å². The summed E-state index contributed by atoms with van der Waals surface area (Å²) in [4.78, 5) is 2.55.